The third-order valence-corrected chi connectivity index (χ3v) is 5.25. The number of carbonyl (C=O) groups excluding carboxylic acids is 3. The fourth-order valence-electron chi connectivity index (χ4n) is 3.41. The molecule has 3 heterocycles. The number of rotatable bonds is 5. The van der Waals surface area contributed by atoms with Gasteiger partial charge in [-0.05, 0) is 42.5 Å². The minimum absolute atomic E-state index is 0.228. The van der Waals surface area contributed by atoms with E-state index in [0.717, 1.165) is 11.3 Å². The van der Waals surface area contributed by atoms with Gasteiger partial charge in [-0.15, -0.1) is 0 Å². The second-order valence-electron chi connectivity index (χ2n) is 7.33. The SMILES string of the molecule is CNC(=O)c1cccc(N(C)C(=O)c2ccc3ncc(-c4ccc(NC(=O)OC)nc4)n3c2)c1. The summed E-state index contributed by atoms with van der Waals surface area (Å²) in [6, 6.07) is 13.7. The van der Waals surface area contributed by atoms with Gasteiger partial charge < -0.3 is 15.0 Å². The summed E-state index contributed by atoms with van der Waals surface area (Å²) in [6.45, 7) is 0. The summed E-state index contributed by atoms with van der Waals surface area (Å²) in [5.41, 5.74) is 3.63. The quantitative estimate of drug-likeness (QED) is 0.474. The zero-order chi connectivity index (χ0) is 24.2. The summed E-state index contributed by atoms with van der Waals surface area (Å²) in [6.07, 6.45) is 4.38. The Morgan fingerprint density at radius 2 is 1.82 bits per heavy atom. The van der Waals surface area contributed by atoms with E-state index in [1.54, 1.807) is 85.6 Å². The molecule has 0 unspecified atom stereocenters. The van der Waals surface area contributed by atoms with Crippen LogP contribution in [0.1, 0.15) is 20.7 Å². The molecule has 0 aliphatic heterocycles. The van der Waals surface area contributed by atoms with E-state index in [2.05, 4.69) is 25.3 Å². The highest BCUT2D eigenvalue weighted by atomic mass is 16.5. The van der Waals surface area contributed by atoms with Crippen LogP contribution in [0, 0.1) is 0 Å². The maximum atomic E-state index is 13.2. The Kier molecular flexibility index (Phi) is 6.22. The summed E-state index contributed by atoms with van der Waals surface area (Å²) in [4.78, 5) is 46.6. The molecule has 0 aliphatic carbocycles. The molecule has 0 atom stereocenters. The molecule has 0 saturated heterocycles. The summed E-state index contributed by atoms with van der Waals surface area (Å²) >= 11 is 0. The van der Waals surface area contributed by atoms with Gasteiger partial charge in [0.25, 0.3) is 11.8 Å². The molecule has 0 aliphatic rings. The molecular formula is C24H22N6O4. The third kappa shape index (κ3) is 4.42. The van der Waals surface area contributed by atoms with Gasteiger partial charge in [0.1, 0.15) is 11.5 Å². The second kappa shape index (κ2) is 9.41. The highest BCUT2D eigenvalue weighted by molar-refractivity contribution is 6.06. The molecule has 1 aromatic carbocycles. The van der Waals surface area contributed by atoms with E-state index in [1.807, 2.05) is 0 Å². The Bertz CT molecular complexity index is 1380. The smallest absolute Gasteiger partial charge is 0.412 e. The number of aromatic nitrogens is 3. The number of hydrogen-bond acceptors (Lipinski definition) is 6. The largest absolute Gasteiger partial charge is 0.453 e. The Labute approximate surface area is 195 Å². The van der Waals surface area contributed by atoms with Crippen LogP contribution in [0.15, 0.2) is 67.1 Å². The van der Waals surface area contributed by atoms with Crippen molar-refractivity contribution < 1.29 is 19.1 Å². The molecule has 4 rings (SSSR count). The lowest BCUT2D eigenvalue weighted by Gasteiger charge is -2.18. The van der Waals surface area contributed by atoms with E-state index < -0.39 is 6.09 Å². The average Bonchev–Trinajstić information content (AvgIpc) is 3.31. The summed E-state index contributed by atoms with van der Waals surface area (Å²) in [5, 5.41) is 5.08. The van der Waals surface area contributed by atoms with Gasteiger partial charge in [0.2, 0.25) is 0 Å². The van der Waals surface area contributed by atoms with Crippen LogP contribution in [-0.4, -0.2) is 53.5 Å². The molecule has 0 spiro atoms. The number of hydrogen-bond donors (Lipinski definition) is 2. The van der Waals surface area contributed by atoms with Crippen LogP contribution in [0.4, 0.5) is 16.3 Å². The predicted molar refractivity (Wildman–Crippen MR) is 127 cm³/mol. The van der Waals surface area contributed by atoms with E-state index in [4.69, 9.17) is 0 Å². The Balaban J connectivity index is 1.63. The zero-order valence-corrected chi connectivity index (χ0v) is 18.8. The van der Waals surface area contributed by atoms with Gasteiger partial charge in [0.05, 0.1) is 24.6 Å². The van der Waals surface area contributed by atoms with Crippen LogP contribution in [-0.2, 0) is 4.74 Å². The van der Waals surface area contributed by atoms with Crippen LogP contribution in [0.5, 0.6) is 0 Å². The first-order valence-electron chi connectivity index (χ1n) is 10.3. The number of pyridine rings is 2. The Hall–Kier alpha value is -4.73. The molecular weight excluding hydrogens is 436 g/mol. The number of carbonyl (C=O) groups is 3. The van der Waals surface area contributed by atoms with Gasteiger partial charge >= 0.3 is 6.09 Å². The van der Waals surface area contributed by atoms with Crippen molar-refractivity contribution in [2.45, 2.75) is 0 Å². The molecule has 34 heavy (non-hydrogen) atoms. The number of nitrogens with zero attached hydrogens (tertiary/aromatic N) is 4. The van der Waals surface area contributed by atoms with Gasteiger partial charge in [0, 0.05) is 43.3 Å². The van der Waals surface area contributed by atoms with Crippen LogP contribution in [0.2, 0.25) is 0 Å². The molecule has 10 nitrogen and oxygen atoms in total. The highest BCUT2D eigenvalue weighted by Gasteiger charge is 2.17. The van der Waals surface area contributed by atoms with Crippen LogP contribution < -0.4 is 15.5 Å². The van der Waals surface area contributed by atoms with Crippen molar-refractivity contribution in [1.29, 1.82) is 0 Å². The molecule has 3 aromatic heterocycles. The normalized spacial score (nSPS) is 10.6. The summed E-state index contributed by atoms with van der Waals surface area (Å²) in [7, 11) is 4.48. The lowest BCUT2D eigenvalue weighted by molar-refractivity contribution is 0.0959. The van der Waals surface area contributed by atoms with E-state index >= 15 is 0 Å². The number of benzene rings is 1. The number of imidazole rings is 1. The second-order valence-corrected chi connectivity index (χ2v) is 7.33. The standard InChI is InChI=1S/C24H22N6O4/c1-25-22(31)15-5-4-6-18(11-15)29(2)23(32)17-8-10-21-27-13-19(30(21)14-17)16-7-9-20(26-12-16)28-24(33)34-3/h4-14H,1-3H3,(H,25,31)(H,26,28,33). The van der Waals surface area contributed by atoms with Gasteiger partial charge in [-0.3, -0.25) is 19.3 Å². The first kappa shape index (κ1) is 22.5. The molecule has 0 fully saturated rings. The summed E-state index contributed by atoms with van der Waals surface area (Å²) < 4.78 is 6.36. The minimum Gasteiger partial charge on any atom is -0.453 e. The molecule has 0 saturated carbocycles. The molecule has 0 bridgehead atoms. The van der Waals surface area contributed by atoms with Crippen molar-refractivity contribution in [1.82, 2.24) is 19.7 Å². The van der Waals surface area contributed by atoms with E-state index in [0.29, 0.717) is 28.3 Å². The van der Waals surface area contributed by atoms with Crippen molar-refractivity contribution in [2.24, 2.45) is 0 Å². The molecule has 3 amide bonds. The van der Waals surface area contributed by atoms with Gasteiger partial charge in [-0.25, -0.2) is 14.8 Å². The number of ether oxygens (including phenoxy) is 1. The highest BCUT2D eigenvalue weighted by Crippen LogP contribution is 2.23. The van der Waals surface area contributed by atoms with Crippen molar-refractivity contribution in [3.05, 3.63) is 78.2 Å². The maximum Gasteiger partial charge on any atom is 0.412 e. The van der Waals surface area contributed by atoms with Gasteiger partial charge in [0.15, 0.2) is 0 Å². The molecule has 172 valence electrons. The van der Waals surface area contributed by atoms with Crippen molar-refractivity contribution in [3.8, 4) is 11.3 Å². The fraction of sp³-hybridized carbons (Fsp3) is 0.125. The van der Waals surface area contributed by atoms with Crippen molar-refractivity contribution in [3.63, 3.8) is 0 Å². The fourth-order valence-corrected chi connectivity index (χ4v) is 3.41. The third-order valence-electron chi connectivity index (χ3n) is 5.25. The lowest BCUT2D eigenvalue weighted by Crippen LogP contribution is -2.27. The van der Waals surface area contributed by atoms with Crippen LogP contribution in [0.3, 0.4) is 0 Å². The van der Waals surface area contributed by atoms with E-state index in [-0.39, 0.29) is 11.8 Å². The first-order valence-corrected chi connectivity index (χ1v) is 10.3. The number of fused-ring (bicyclic) bond motifs is 1. The lowest BCUT2D eigenvalue weighted by atomic mass is 10.1. The minimum atomic E-state index is -0.608. The number of nitrogens with one attached hydrogen (secondary N) is 2. The van der Waals surface area contributed by atoms with Gasteiger partial charge in [-0.1, -0.05) is 6.07 Å². The molecule has 4 aromatic rings. The molecule has 0 radical (unpaired) electrons. The summed E-state index contributed by atoms with van der Waals surface area (Å²) in [5.74, 6) is -0.124. The predicted octanol–water partition coefficient (Wildman–Crippen LogP) is 3.21. The van der Waals surface area contributed by atoms with Crippen LogP contribution in [0.25, 0.3) is 16.9 Å². The van der Waals surface area contributed by atoms with E-state index in [1.165, 1.54) is 12.0 Å². The van der Waals surface area contributed by atoms with E-state index in [9.17, 15) is 14.4 Å². The van der Waals surface area contributed by atoms with Gasteiger partial charge in [-0.2, -0.15) is 0 Å². The zero-order valence-electron chi connectivity index (χ0n) is 18.8. The number of anilines is 2. The number of amides is 3. The van der Waals surface area contributed by atoms with Crippen LogP contribution >= 0.6 is 0 Å². The van der Waals surface area contributed by atoms with Crippen molar-refractivity contribution >= 4 is 35.1 Å². The topological polar surface area (TPSA) is 118 Å². The average molecular weight is 458 g/mol. The first-order chi connectivity index (χ1) is 16.4. The molecule has 10 heteroatoms. The molecule has 2 N–H and O–H groups in total. The Morgan fingerprint density at radius 1 is 1.00 bits per heavy atom. The Morgan fingerprint density at radius 3 is 2.53 bits per heavy atom. The maximum absolute atomic E-state index is 13.2. The monoisotopic (exact) mass is 458 g/mol. The van der Waals surface area contributed by atoms with Crippen molar-refractivity contribution in [2.75, 3.05) is 31.4 Å². The number of methoxy groups -OCH3 is 1.